The smallest absolute Gasteiger partial charge is 0.270 e. The third kappa shape index (κ3) is 4.31. The summed E-state index contributed by atoms with van der Waals surface area (Å²) in [5.74, 6) is 0.651. The summed E-state index contributed by atoms with van der Waals surface area (Å²) in [5.41, 5.74) is 0.851. The van der Waals surface area contributed by atoms with Gasteiger partial charge in [-0.2, -0.15) is 0 Å². The van der Waals surface area contributed by atoms with E-state index in [1.165, 1.54) is 12.1 Å². The highest BCUT2D eigenvalue weighted by molar-refractivity contribution is 5.43. The first-order valence-electron chi connectivity index (χ1n) is 5.78. The highest BCUT2D eigenvalue weighted by Crippen LogP contribution is 2.24. The predicted octanol–water partition coefficient (Wildman–Crippen LogP) is 1.73. The van der Waals surface area contributed by atoms with Crippen molar-refractivity contribution in [3.63, 3.8) is 0 Å². The van der Waals surface area contributed by atoms with Gasteiger partial charge >= 0.3 is 0 Å². The van der Waals surface area contributed by atoms with Crippen molar-refractivity contribution in [3.05, 3.63) is 33.9 Å². The van der Waals surface area contributed by atoms with E-state index in [0.29, 0.717) is 25.5 Å². The first-order chi connectivity index (χ1) is 8.69. The van der Waals surface area contributed by atoms with E-state index in [1.807, 2.05) is 6.92 Å². The van der Waals surface area contributed by atoms with Gasteiger partial charge in [0, 0.05) is 31.4 Å². The normalized spacial score (nSPS) is 10.3. The first kappa shape index (κ1) is 14.4. The SMILES string of the molecule is CCNCc1cc([N+](=O)[O-])ccc1OCCOC. The fraction of sp³-hybridized carbons (Fsp3) is 0.500. The molecule has 0 unspecified atom stereocenters. The Balaban J connectivity index is 2.82. The molecule has 0 saturated carbocycles. The Bertz CT molecular complexity index is 396. The van der Waals surface area contributed by atoms with Crippen LogP contribution in [0.15, 0.2) is 18.2 Å². The second-order valence-corrected chi connectivity index (χ2v) is 3.67. The monoisotopic (exact) mass is 254 g/mol. The summed E-state index contributed by atoms with van der Waals surface area (Å²) >= 11 is 0. The summed E-state index contributed by atoms with van der Waals surface area (Å²) in [5, 5.41) is 13.9. The van der Waals surface area contributed by atoms with Gasteiger partial charge in [-0.25, -0.2) is 0 Å². The standard InChI is InChI=1S/C12H18N2O4/c1-3-13-9-10-8-11(14(15)16)4-5-12(10)18-7-6-17-2/h4-5,8,13H,3,6-7,9H2,1-2H3. The van der Waals surface area contributed by atoms with E-state index in [9.17, 15) is 10.1 Å². The van der Waals surface area contributed by atoms with Gasteiger partial charge < -0.3 is 14.8 Å². The molecule has 0 aliphatic rings. The third-order valence-electron chi connectivity index (χ3n) is 2.37. The number of nitro benzene ring substituents is 1. The van der Waals surface area contributed by atoms with Crippen molar-refractivity contribution >= 4 is 5.69 Å². The zero-order valence-corrected chi connectivity index (χ0v) is 10.6. The molecule has 0 bridgehead atoms. The van der Waals surface area contributed by atoms with Gasteiger partial charge in [0.1, 0.15) is 12.4 Å². The Hall–Kier alpha value is -1.66. The van der Waals surface area contributed by atoms with Crippen LogP contribution < -0.4 is 10.1 Å². The lowest BCUT2D eigenvalue weighted by atomic mass is 10.1. The number of ether oxygens (including phenoxy) is 2. The zero-order chi connectivity index (χ0) is 13.4. The summed E-state index contributed by atoms with van der Waals surface area (Å²) in [6.07, 6.45) is 0. The van der Waals surface area contributed by atoms with Crippen molar-refractivity contribution in [2.45, 2.75) is 13.5 Å². The molecule has 6 nitrogen and oxygen atoms in total. The minimum Gasteiger partial charge on any atom is -0.491 e. The Labute approximate surface area is 106 Å². The molecule has 0 fully saturated rings. The molecule has 0 spiro atoms. The number of hydrogen-bond acceptors (Lipinski definition) is 5. The Kier molecular flexibility index (Phi) is 6.10. The van der Waals surface area contributed by atoms with E-state index in [-0.39, 0.29) is 5.69 Å². The molecule has 1 aromatic rings. The molecule has 0 radical (unpaired) electrons. The molecule has 0 aromatic heterocycles. The molecule has 100 valence electrons. The van der Waals surface area contributed by atoms with Gasteiger partial charge in [0.05, 0.1) is 11.5 Å². The van der Waals surface area contributed by atoms with Gasteiger partial charge in [0.2, 0.25) is 0 Å². The van der Waals surface area contributed by atoms with Crippen LogP contribution in [-0.4, -0.2) is 31.8 Å². The molecule has 0 amide bonds. The maximum Gasteiger partial charge on any atom is 0.270 e. The molecule has 1 N–H and O–H groups in total. The summed E-state index contributed by atoms with van der Waals surface area (Å²) in [7, 11) is 1.60. The van der Waals surface area contributed by atoms with Crippen molar-refractivity contribution in [1.29, 1.82) is 0 Å². The van der Waals surface area contributed by atoms with Gasteiger partial charge in [-0.1, -0.05) is 6.92 Å². The largest absolute Gasteiger partial charge is 0.491 e. The maximum absolute atomic E-state index is 10.7. The molecule has 1 rings (SSSR count). The fourth-order valence-electron chi connectivity index (χ4n) is 1.45. The lowest BCUT2D eigenvalue weighted by Gasteiger charge is -2.11. The van der Waals surface area contributed by atoms with Crippen LogP contribution in [-0.2, 0) is 11.3 Å². The number of hydrogen-bond donors (Lipinski definition) is 1. The predicted molar refractivity (Wildman–Crippen MR) is 67.8 cm³/mol. The van der Waals surface area contributed by atoms with E-state index < -0.39 is 4.92 Å². The van der Waals surface area contributed by atoms with Crippen molar-refractivity contribution in [3.8, 4) is 5.75 Å². The van der Waals surface area contributed by atoms with Crippen LogP contribution in [0.2, 0.25) is 0 Å². The van der Waals surface area contributed by atoms with E-state index in [1.54, 1.807) is 13.2 Å². The summed E-state index contributed by atoms with van der Waals surface area (Å²) in [4.78, 5) is 10.3. The van der Waals surface area contributed by atoms with Gasteiger partial charge in [0.25, 0.3) is 5.69 Å². The van der Waals surface area contributed by atoms with Crippen LogP contribution in [0.25, 0.3) is 0 Å². The maximum atomic E-state index is 10.7. The molecule has 6 heteroatoms. The molecule has 18 heavy (non-hydrogen) atoms. The molecule has 0 atom stereocenters. The minimum atomic E-state index is -0.408. The van der Waals surface area contributed by atoms with Gasteiger partial charge in [0.15, 0.2) is 0 Å². The van der Waals surface area contributed by atoms with Crippen molar-refractivity contribution in [1.82, 2.24) is 5.32 Å². The second kappa shape index (κ2) is 7.62. The number of rotatable bonds is 8. The molecular formula is C12H18N2O4. The van der Waals surface area contributed by atoms with Crippen molar-refractivity contribution in [2.24, 2.45) is 0 Å². The van der Waals surface area contributed by atoms with Crippen LogP contribution in [0.3, 0.4) is 0 Å². The zero-order valence-electron chi connectivity index (χ0n) is 10.6. The minimum absolute atomic E-state index is 0.0713. The number of nitro groups is 1. The van der Waals surface area contributed by atoms with Crippen molar-refractivity contribution < 1.29 is 14.4 Å². The van der Waals surface area contributed by atoms with Gasteiger partial charge in [-0.05, 0) is 12.6 Å². The number of nitrogens with zero attached hydrogens (tertiary/aromatic N) is 1. The van der Waals surface area contributed by atoms with Crippen LogP contribution in [0.1, 0.15) is 12.5 Å². The Morgan fingerprint density at radius 1 is 1.39 bits per heavy atom. The highest BCUT2D eigenvalue weighted by atomic mass is 16.6. The van der Waals surface area contributed by atoms with E-state index in [2.05, 4.69) is 5.32 Å². The number of methoxy groups -OCH3 is 1. The third-order valence-corrected chi connectivity index (χ3v) is 2.37. The van der Waals surface area contributed by atoms with E-state index in [0.717, 1.165) is 12.1 Å². The molecule has 0 heterocycles. The Morgan fingerprint density at radius 3 is 2.78 bits per heavy atom. The molecular weight excluding hydrogens is 236 g/mol. The van der Waals surface area contributed by atoms with E-state index in [4.69, 9.17) is 9.47 Å². The Morgan fingerprint density at radius 2 is 2.17 bits per heavy atom. The second-order valence-electron chi connectivity index (χ2n) is 3.67. The lowest BCUT2D eigenvalue weighted by Crippen LogP contribution is -2.14. The average Bonchev–Trinajstić information content (AvgIpc) is 2.37. The first-order valence-corrected chi connectivity index (χ1v) is 5.78. The lowest BCUT2D eigenvalue weighted by molar-refractivity contribution is -0.384. The topological polar surface area (TPSA) is 73.6 Å². The quantitative estimate of drug-likeness (QED) is 0.434. The average molecular weight is 254 g/mol. The number of benzene rings is 1. The summed E-state index contributed by atoms with van der Waals surface area (Å²) in [6, 6.07) is 4.60. The van der Waals surface area contributed by atoms with E-state index >= 15 is 0 Å². The fourth-order valence-corrected chi connectivity index (χ4v) is 1.45. The summed E-state index contributed by atoms with van der Waals surface area (Å²) in [6.45, 7) is 4.22. The molecule has 1 aromatic carbocycles. The number of nitrogens with one attached hydrogen (secondary N) is 1. The molecule has 0 saturated heterocycles. The number of non-ortho nitro benzene ring substituents is 1. The van der Waals surface area contributed by atoms with Gasteiger partial charge in [-0.3, -0.25) is 10.1 Å². The molecule has 0 aliphatic carbocycles. The van der Waals surface area contributed by atoms with Gasteiger partial charge in [-0.15, -0.1) is 0 Å². The van der Waals surface area contributed by atoms with Crippen molar-refractivity contribution in [2.75, 3.05) is 26.9 Å². The highest BCUT2D eigenvalue weighted by Gasteiger charge is 2.11. The van der Waals surface area contributed by atoms with Crippen LogP contribution >= 0.6 is 0 Å². The molecule has 0 aliphatic heterocycles. The van der Waals surface area contributed by atoms with Crippen LogP contribution in [0, 0.1) is 10.1 Å². The summed E-state index contributed by atoms with van der Waals surface area (Å²) < 4.78 is 10.4. The van der Waals surface area contributed by atoms with Crippen LogP contribution in [0.5, 0.6) is 5.75 Å². The van der Waals surface area contributed by atoms with Crippen LogP contribution in [0.4, 0.5) is 5.69 Å².